The van der Waals surface area contributed by atoms with E-state index < -0.39 is 78.9 Å². The molecule has 0 amide bonds. The summed E-state index contributed by atoms with van der Waals surface area (Å²) < 4.78 is 51.9. The average Bonchev–Trinajstić information content (AvgIpc) is 3.22. The Morgan fingerprint density at radius 3 is 0.826 bits per heavy atom. The van der Waals surface area contributed by atoms with Crippen molar-refractivity contribution in [2.75, 3.05) is 52.0 Å². The minimum atomic E-state index is -4.36. The first kappa shape index (κ1) is 56.5. The van der Waals surface area contributed by atoms with Crippen molar-refractivity contribution in [3.63, 3.8) is 0 Å². The summed E-state index contributed by atoms with van der Waals surface area (Å²) in [5, 5.41) is 0. The van der Waals surface area contributed by atoms with Crippen LogP contribution in [0.1, 0.15) is 135 Å². The van der Waals surface area contributed by atoms with Crippen LogP contribution in [-0.4, -0.2) is 86.0 Å². The van der Waals surface area contributed by atoms with Crippen molar-refractivity contribution in [2.24, 2.45) is 5.41 Å². The van der Waals surface area contributed by atoms with Gasteiger partial charge < -0.3 is 28.1 Å². The molecule has 0 aliphatic heterocycles. The van der Waals surface area contributed by atoms with Crippen LogP contribution >= 0.6 is 14.3 Å². The molecule has 0 spiro atoms. The van der Waals surface area contributed by atoms with Gasteiger partial charge in [-0.2, -0.15) is 0 Å². The van der Waals surface area contributed by atoms with Gasteiger partial charge in [-0.3, -0.25) is 28.8 Å². The summed E-state index contributed by atoms with van der Waals surface area (Å²) >= 11 is 0. The molecule has 0 aromatic heterocycles. The summed E-state index contributed by atoms with van der Waals surface area (Å²) in [7, 11) is -8.72. The van der Waals surface area contributed by atoms with Crippen LogP contribution in [0, 0.1) is 88.5 Å². The lowest BCUT2D eigenvalue weighted by Crippen LogP contribution is -2.27. The third kappa shape index (κ3) is 14.0. The highest BCUT2D eigenvalue weighted by Crippen LogP contribution is 2.55. The Kier molecular flexibility index (Phi) is 19.4. The Balaban J connectivity index is 1.27. The molecule has 0 N–H and O–H groups in total. The Hall–Kier alpha value is -5.12. The van der Waals surface area contributed by atoms with Crippen LogP contribution in [0.3, 0.4) is 0 Å². The second kappa shape index (κ2) is 23.7. The number of hydrogen-bond acceptors (Lipinski definition) is 12. The van der Waals surface area contributed by atoms with Crippen LogP contribution < -0.4 is 0 Å². The van der Waals surface area contributed by atoms with Crippen molar-refractivity contribution in [3.05, 3.63) is 138 Å². The first-order valence-corrected chi connectivity index (χ1v) is 27.1. The number of benzene rings is 4. The van der Waals surface area contributed by atoms with E-state index in [4.69, 9.17) is 18.9 Å². The highest BCUT2D eigenvalue weighted by Gasteiger charge is 2.45. The highest BCUT2D eigenvalue weighted by atomic mass is 31.2. The van der Waals surface area contributed by atoms with Crippen molar-refractivity contribution in [1.82, 2.24) is 0 Å². The van der Waals surface area contributed by atoms with E-state index in [0.29, 0.717) is 44.5 Å². The Morgan fingerprint density at radius 2 is 0.609 bits per heavy atom. The van der Waals surface area contributed by atoms with Crippen molar-refractivity contribution >= 4 is 48.3 Å². The summed E-state index contributed by atoms with van der Waals surface area (Å²) in [6, 6.07) is 14.5. The van der Waals surface area contributed by atoms with Gasteiger partial charge in [0.05, 0.1) is 39.3 Å². The Labute approximate surface area is 408 Å². The standard InChI is InChI=1S/C55H70O12P2/c1-33-23-37(5)47(38(6)24-33)51(58)68(62,52(59)48-39(7)25-34(2)26-40(48)8)21-15-45(56)66-19-17-64-31-55(13,14)32-65-18-20-67-46(57)16-22-69(63,53(60)49-41(9)27-35(3)28-42(49)10)54(61)50-43(11)29-36(4)30-44(50)12/h23-30H,15-22,31-32H2,1-14H3. The lowest BCUT2D eigenvalue weighted by molar-refractivity contribution is -0.145. The SMILES string of the molecule is Cc1cc(C)c(C(=O)P(=O)(CCC(=O)OCCOCC(C)(C)COCCOC(=O)CCP(=O)(C(=O)c2c(C)cc(C)cc2C)C(=O)c2c(C)cc(C)cc2C)C(=O)c2c(C)cc(C)cc2C)c(C)c1. The maximum Gasteiger partial charge on any atom is 0.306 e. The number of aryl methyl sites for hydroxylation is 12. The maximum absolute atomic E-state index is 14.8. The van der Waals surface area contributed by atoms with Gasteiger partial charge >= 0.3 is 11.9 Å². The predicted molar refractivity (Wildman–Crippen MR) is 271 cm³/mol. The van der Waals surface area contributed by atoms with Crippen molar-refractivity contribution in [3.8, 4) is 0 Å². The molecule has 4 aromatic carbocycles. The van der Waals surface area contributed by atoms with Crippen molar-refractivity contribution < 1.29 is 56.8 Å². The summed E-state index contributed by atoms with van der Waals surface area (Å²) in [4.78, 5) is 82.7. The molecule has 0 saturated heterocycles. The number of carbonyl (C=O) groups excluding carboxylic acids is 6. The largest absolute Gasteiger partial charge is 0.463 e. The molecule has 0 radical (unpaired) electrons. The molecule has 0 aliphatic carbocycles. The van der Waals surface area contributed by atoms with E-state index >= 15 is 0 Å². The quantitative estimate of drug-likeness (QED) is 0.0370. The summed E-state index contributed by atoms with van der Waals surface area (Å²) in [5.74, 6) is -1.44. The molecule has 4 aromatic rings. The summed E-state index contributed by atoms with van der Waals surface area (Å²) in [6.45, 7) is 25.6. The van der Waals surface area contributed by atoms with Gasteiger partial charge in [0, 0.05) is 40.0 Å². The molecule has 0 saturated carbocycles. The van der Waals surface area contributed by atoms with E-state index in [1.807, 2.05) is 41.5 Å². The molecule has 12 nitrogen and oxygen atoms in total. The van der Waals surface area contributed by atoms with Gasteiger partial charge in [-0.25, -0.2) is 0 Å². The highest BCUT2D eigenvalue weighted by molar-refractivity contribution is 7.95. The molecule has 372 valence electrons. The number of carbonyl (C=O) groups is 6. The van der Waals surface area contributed by atoms with Crippen molar-refractivity contribution in [1.29, 1.82) is 0 Å². The molecule has 0 fully saturated rings. The lowest BCUT2D eigenvalue weighted by Gasteiger charge is -2.24. The molecule has 0 aliphatic rings. The monoisotopic (exact) mass is 984 g/mol. The van der Waals surface area contributed by atoms with Crippen LogP contribution in [0.25, 0.3) is 0 Å². The second-order valence-corrected chi connectivity index (χ2v) is 24.9. The zero-order chi connectivity index (χ0) is 51.8. The smallest absolute Gasteiger partial charge is 0.306 e. The molecule has 0 heterocycles. The lowest BCUT2D eigenvalue weighted by atomic mass is 9.96. The molecule has 0 unspecified atom stereocenters. The average molecular weight is 985 g/mol. The second-order valence-electron chi connectivity index (χ2n) is 19.5. The van der Waals surface area contributed by atoms with Crippen LogP contribution in [0.4, 0.5) is 0 Å². The third-order valence-corrected chi connectivity index (χ3v) is 17.3. The van der Waals surface area contributed by atoms with E-state index in [1.54, 1.807) is 104 Å². The molecular weight excluding hydrogens is 915 g/mol. The summed E-state index contributed by atoms with van der Waals surface area (Å²) in [6.07, 6.45) is -1.79. The van der Waals surface area contributed by atoms with E-state index in [2.05, 4.69) is 0 Å². The fourth-order valence-corrected chi connectivity index (χ4v) is 14.2. The topological polar surface area (TPSA) is 173 Å². The minimum absolute atomic E-state index is 0.0345. The maximum atomic E-state index is 14.8. The molecule has 14 heteroatoms. The minimum Gasteiger partial charge on any atom is -0.463 e. The van der Waals surface area contributed by atoms with Crippen LogP contribution in [0.15, 0.2) is 48.5 Å². The van der Waals surface area contributed by atoms with Crippen LogP contribution in [0.5, 0.6) is 0 Å². The predicted octanol–water partition coefficient (Wildman–Crippen LogP) is 11.7. The number of rotatable bonds is 24. The van der Waals surface area contributed by atoms with E-state index in [-0.39, 0.29) is 61.9 Å². The third-order valence-electron chi connectivity index (χ3n) is 12.1. The molecule has 0 atom stereocenters. The Morgan fingerprint density at radius 1 is 0.391 bits per heavy atom. The van der Waals surface area contributed by atoms with Gasteiger partial charge in [-0.1, -0.05) is 84.6 Å². The van der Waals surface area contributed by atoms with Gasteiger partial charge in [-0.15, -0.1) is 0 Å². The van der Waals surface area contributed by atoms with E-state index in [0.717, 1.165) is 22.3 Å². The normalized spacial score (nSPS) is 11.9. The van der Waals surface area contributed by atoms with Crippen LogP contribution in [-0.2, 0) is 37.7 Å². The van der Waals surface area contributed by atoms with Gasteiger partial charge in [0.2, 0.25) is 36.4 Å². The van der Waals surface area contributed by atoms with Gasteiger partial charge in [0.1, 0.15) is 13.2 Å². The van der Waals surface area contributed by atoms with E-state index in [1.165, 1.54) is 0 Å². The Bertz CT molecular complexity index is 2340. The first-order valence-electron chi connectivity index (χ1n) is 23.3. The number of hydrogen-bond donors (Lipinski definition) is 0. The molecule has 0 bridgehead atoms. The molecule has 69 heavy (non-hydrogen) atoms. The van der Waals surface area contributed by atoms with Crippen molar-refractivity contribution in [2.45, 2.75) is 110 Å². The fourth-order valence-electron chi connectivity index (χ4n) is 9.19. The molecular formula is C55H70O12P2. The zero-order valence-corrected chi connectivity index (χ0v) is 44.8. The van der Waals surface area contributed by atoms with Gasteiger partial charge in [-0.05, 0) is 128 Å². The van der Waals surface area contributed by atoms with Crippen LogP contribution in [0.2, 0.25) is 0 Å². The first-order chi connectivity index (χ1) is 32.1. The van der Waals surface area contributed by atoms with Gasteiger partial charge in [0.25, 0.3) is 0 Å². The number of ether oxygens (including phenoxy) is 4. The zero-order valence-electron chi connectivity index (χ0n) is 43.0. The van der Waals surface area contributed by atoms with E-state index in [9.17, 15) is 37.9 Å². The molecule has 4 rings (SSSR count). The fraction of sp³-hybridized carbons (Fsp3) is 0.455. The number of esters is 2. The summed E-state index contributed by atoms with van der Waals surface area (Å²) in [5.41, 5.74) is 5.86. The van der Waals surface area contributed by atoms with Gasteiger partial charge in [0.15, 0.2) is 0 Å².